The van der Waals surface area contributed by atoms with Gasteiger partial charge in [0.15, 0.2) is 11.5 Å². The van der Waals surface area contributed by atoms with Crippen LogP contribution in [0.5, 0.6) is 11.5 Å². The lowest BCUT2D eigenvalue weighted by molar-refractivity contribution is 0.0697. The van der Waals surface area contributed by atoms with Gasteiger partial charge in [0.2, 0.25) is 0 Å². The molecule has 0 saturated carbocycles. The number of carboxylic acids is 1. The Bertz CT molecular complexity index is 710. The van der Waals surface area contributed by atoms with Crippen LogP contribution in [-0.2, 0) is 6.54 Å². The van der Waals surface area contributed by atoms with Gasteiger partial charge in [-0.3, -0.25) is 0 Å². The highest BCUT2D eigenvalue weighted by molar-refractivity contribution is 5.87. The molecule has 24 heavy (non-hydrogen) atoms. The Morgan fingerprint density at radius 1 is 1.12 bits per heavy atom. The number of aryl methyl sites for hydroxylation is 1. The van der Waals surface area contributed by atoms with Crippen molar-refractivity contribution in [1.29, 1.82) is 0 Å². The summed E-state index contributed by atoms with van der Waals surface area (Å²) in [6.45, 7) is 4.77. The second kappa shape index (κ2) is 7.84. The van der Waals surface area contributed by atoms with Gasteiger partial charge in [0.1, 0.15) is 0 Å². The lowest BCUT2D eigenvalue weighted by Gasteiger charge is -2.19. The van der Waals surface area contributed by atoms with E-state index in [4.69, 9.17) is 14.6 Å². The van der Waals surface area contributed by atoms with Gasteiger partial charge >= 0.3 is 5.97 Å². The van der Waals surface area contributed by atoms with Crippen molar-refractivity contribution in [3.05, 3.63) is 58.7 Å². The highest BCUT2D eigenvalue weighted by atomic mass is 16.5. The smallest absolute Gasteiger partial charge is 0.335 e. The fraction of sp³-hybridized carbons (Fsp3) is 0.316. The van der Waals surface area contributed by atoms with Gasteiger partial charge in [0.05, 0.1) is 19.8 Å². The van der Waals surface area contributed by atoms with Crippen molar-refractivity contribution in [2.75, 3.05) is 14.2 Å². The van der Waals surface area contributed by atoms with Crippen LogP contribution in [0.1, 0.15) is 40.0 Å². The molecule has 0 aliphatic heterocycles. The van der Waals surface area contributed by atoms with Gasteiger partial charge in [-0.15, -0.1) is 0 Å². The molecule has 0 fully saturated rings. The molecule has 0 saturated heterocycles. The maximum absolute atomic E-state index is 10.9. The summed E-state index contributed by atoms with van der Waals surface area (Å²) in [5.41, 5.74) is 3.58. The number of rotatable bonds is 7. The first-order valence-corrected chi connectivity index (χ1v) is 7.74. The molecule has 2 N–H and O–H groups in total. The molecule has 2 aromatic carbocycles. The van der Waals surface area contributed by atoms with Crippen molar-refractivity contribution in [2.24, 2.45) is 0 Å². The molecule has 0 aromatic heterocycles. The molecule has 0 aliphatic rings. The first-order valence-electron chi connectivity index (χ1n) is 7.74. The third kappa shape index (κ3) is 4.06. The van der Waals surface area contributed by atoms with Crippen LogP contribution in [-0.4, -0.2) is 25.3 Å². The Labute approximate surface area is 142 Å². The highest BCUT2D eigenvalue weighted by Crippen LogP contribution is 2.32. The van der Waals surface area contributed by atoms with Crippen LogP contribution in [0.3, 0.4) is 0 Å². The summed E-state index contributed by atoms with van der Waals surface area (Å²) in [6, 6.07) is 10.9. The van der Waals surface area contributed by atoms with E-state index in [0.717, 1.165) is 22.4 Å². The standard InChI is InChI=1S/C19H23NO4/c1-12-9-17(23-3)18(24-4)10-16(12)13(2)20-11-14-5-7-15(8-6-14)19(21)22/h5-10,13,20H,11H2,1-4H3,(H,21,22). The molecule has 1 unspecified atom stereocenters. The van der Waals surface area contributed by atoms with E-state index in [0.29, 0.717) is 17.9 Å². The van der Waals surface area contributed by atoms with E-state index in [2.05, 4.69) is 12.2 Å². The highest BCUT2D eigenvalue weighted by Gasteiger charge is 2.13. The van der Waals surface area contributed by atoms with E-state index in [-0.39, 0.29) is 6.04 Å². The summed E-state index contributed by atoms with van der Waals surface area (Å²) in [5, 5.41) is 12.4. The number of hydrogen-bond donors (Lipinski definition) is 2. The summed E-state index contributed by atoms with van der Waals surface area (Å²) < 4.78 is 10.7. The van der Waals surface area contributed by atoms with E-state index in [1.165, 1.54) is 0 Å². The minimum absolute atomic E-state index is 0.115. The summed E-state index contributed by atoms with van der Waals surface area (Å²) in [7, 11) is 3.25. The van der Waals surface area contributed by atoms with Crippen molar-refractivity contribution in [3.8, 4) is 11.5 Å². The van der Waals surface area contributed by atoms with Crippen LogP contribution in [0.2, 0.25) is 0 Å². The number of nitrogens with one attached hydrogen (secondary N) is 1. The van der Waals surface area contributed by atoms with Crippen LogP contribution in [0.25, 0.3) is 0 Å². The van der Waals surface area contributed by atoms with E-state index < -0.39 is 5.97 Å². The van der Waals surface area contributed by atoms with Gasteiger partial charge in [0.25, 0.3) is 0 Å². The van der Waals surface area contributed by atoms with Crippen molar-refractivity contribution in [1.82, 2.24) is 5.32 Å². The number of aromatic carboxylic acids is 1. The topological polar surface area (TPSA) is 67.8 Å². The SMILES string of the molecule is COc1cc(C)c(C(C)NCc2ccc(C(=O)O)cc2)cc1OC. The molecule has 2 rings (SSSR count). The molecule has 0 amide bonds. The Morgan fingerprint density at radius 2 is 1.71 bits per heavy atom. The second-order valence-corrected chi connectivity index (χ2v) is 5.67. The Kier molecular flexibility index (Phi) is 5.82. The number of methoxy groups -OCH3 is 2. The van der Waals surface area contributed by atoms with Crippen LogP contribution >= 0.6 is 0 Å². The van der Waals surface area contributed by atoms with Gasteiger partial charge in [-0.05, 0) is 54.8 Å². The second-order valence-electron chi connectivity index (χ2n) is 5.67. The molecule has 0 aliphatic carbocycles. The number of benzene rings is 2. The van der Waals surface area contributed by atoms with Crippen molar-refractivity contribution in [2.45, 2.75) is 26.4 Å². The van der Waals surface area contributed by atoms with Crippen LogP contribution in [0.4, 0.5) is 0 Å². The zero-order valence-electron chi connectivity index (χ0n) is 14.4. The maximum atomic E-state index is 10.9. The summed E-state index contributed by atoms with van der Waals surface area (Å²) in [5.74, 6) is 0.511. The largest absolute Gasteiger partial charge is 0.493 e. The van der Waals surface area contributed by atoms with Gasteiger partial charge < -0.3 is 19.9 Å². The van der Waals surface area contributed by atoms with Gasteiger partial charge in [-0.25, -0.2) is 4.79 Å². The van der Waals surface area contributed by atoms with E-state index in [1.807, 2.05) is 31.2 Å². The minimum Gasteiger partial charge on any atom is -0.493 e. The molecule has 0 radical (unpaired) electrons. The Morgan fingerprint density at radius 3 is 2.25 bits per heavy atom. The minimum atomic E-state index is -0.913. The zero-order chi connectivity index (χ0) is 17.7. The third-order valence-corrected chi connectivity index (χ3v) is 4.05. The van der Waals surface area contributed by atoms with Crippen molar-refractivity contribution >= 4 is 5.97 Å². The van der Waals surface area contributed by atoms with Crippen molar-refractivity contribution in [3.63, 3.8) is 0 Å². The normalized spacial score (nSPS) is 11.8. The molecular weight excluding hydrogens is 306 g/mol. The number of hydrogen-bond acceptors (Lipinski definition) is 4. The zero-order valence-corrected chi connectivity index (χ0v) is 14.4. The van der Waals surface area contributed by atoms with E-state index in [9.17, 15) is 4.79 Å². The monoisotopic (exact) mass is 329 g/mol. The molecule has 5 heteroatoms. The number of ether oxygens (including phenoxy) is 2. The van der Waals surface area contributed by atoms with Gasteiger partial charge in [0, 0.05) is 12.6 Å². The molecule has 0 bridgehead atoms. The van der Waals surface area contributed by atoms with Crippen molar-refractivity contribution < 1.29 is 19.4 Å². The lowest BCUT2D eigenvalue weighted by atomic mass is 10.0. The van der Waals surface area contributed by atoms with Gasteiger partial charge in [-0.2, -0.15) is 0 Å². The number of carboxylic acid groups (broad SMARTS) is 1. The molecular formula is C19H23NO4. The molecule has 5 nitrogen and oxygen atoms in total. The average molecular weight is 329 g/mol. The molecule has 128 valence electrons. The maximum Gasteiger partial charge on any atom is 0.335 e. The quantitative estimate of drug-likeness (QED) is 0.813. The fourth-order valence-electron chi connectivity index (χ4n) is 2.61. The van der Waals surface area contributed by atoms with Crippen LogP contribution < -0.4 is 14.8 Å². The number of carbonyl (C=O) groups is 1. The lowest BCUT2D eigenvalue weighted by Crippen LogP contribution is -2.19. The summed E-state index contributed by atoms with van der Waals surface area (Å²) in [4.78, 5) is 10.9. The molecule has 0 heterocycles. The predicted molar refractivity (Wildman–Crippen MR) is 92.9 cm³/mol. The summed E-state index contributed by atoms with van der Waals surface area (Å²) in [6.07, 6.45) is 0. The molecule has 1 atom stereocenters. The Balaban J connectivity index is 2.09. The Hall–Kier alpha value is -2.53. The average Bonchev–Trinajstić information content (AvgIpc) is 2.59. The van der Waals surface area contributed by atoms with Gasteiger partial charge in [-0.1, -0.05) is 12.1 Å². The first-order chi connectivity index (χ1) is 11.5. The van der Waals surface area contributed by atoms with E-state index in [1.54, 1.807) is 26.4 Å². The third-order valence-electron chi connectivity index (χ3n) is 4.05. The van der Waals surface area contributed by atoms with E-state index >= 15 is 0 Å². The predicted octanol–water partition coefficient (Wildman–Crippen LogP) is 3.56. The fourth-order valence-corrected chi connectivity index (χ4v) is 2.61. The van der Waals surface area contributed by atoms with Crippen LogP contribution in [0, 0.1) is 6.92 Å². The summed E-state index contributed by atoms with van der Waals surface area (Å²) >= 11 is 0. The molecule has 2 aromatic rings. The first kappa shape index (κ1) is 17.8. The molecule has 0 spiro atoms. The van der Waals surface area contributed by atoms with Crippen LogP contribution in [0.15, 0.2) is 36.4 Å².